The molecule has 2 aliphatic heterocycles. The average Bonchev–Trinajstić information content (AvgIpc) is 2.71. The molecule has 6 heteroatoms. The third-order valence-electron chi connectivity index (χ3n) is 4.42. The second-order valence-corrected chi connectivity index (χ2v) is 7.51. The predicted molar refractivity (Wildman–Crippen MR) is 77.2 cm³/mol. The Labute approximate surface area is 119 Å². The summed E-state index contributed by atoms with van der Waals surface area (Å²) in [7, 11) is -1.96. The summed E-state index contributed by atoms with van der Waals surface area (Å²) in [4.78, 5) is 2.64. The van der Waals surface area contributed by atoms with Gasteiger partial charge in [0.25, 0.3) is 0 Å². The Balaban J connectivity index is 1.86. The van der Waals surface area contributed by atoms with Crippen molar-refractivity contribution < 1.29 is 13.5 Å². The van der Waals surface area contributed by atoms with Crippen LogP contribution >= 0.6 is 0 Å². The second kappa shape index (κ2) is 5.02. The summed E-state index contributed by atoms with van der Waals surface area (Å²) >= 11 is 0. The minimum Gasteiger partial charge on any atom is -0.393 e. The van der Waals surface area contributed by atoms with E-state index in [1.807, 2.05) is 12.1 Å². The van der Waals surface area contributed by atoms with Crippen molar-refractivity contribution in [2.24, 2.45) is 0 Å². The lowest BCUT2D eigenvalue weighted by Crippen LogP contribution is -2.44. The van der Waals surface area contributed by atoms with E-state index in [9.17, 15) is 13.5 Å². The second-order valence-electron chi connectivity index (χ2n) is 5.62. The average molecular weight is 296 g/mol. The van der Waals surface area contributed by atoms with Crippen LogP contribution in [-0.2, 0) is 10.0 Å². The normalized spacial score (nSPS) is 29.7. The molecular formula is C14H20N2O3S. The molecule has 2 saturated heterocycles. The third kappa shape index (κ3) is 2.32. The van der Waals surface area contributed by atoms with E-state index >= 15 is 0 Å². The number of anilines is 1. The molecule has 2 atom stereocenters. The molecule has 0 saturated carbocycles. The number of nitrogens with one attached hydrogen (secondary N) is 1. The summed E-state index contributed by atoms with van der Waals surface area (Å²) in [5.74, 6) is 0. The third-order valence-corrected chi connectivity index (χ3v) is 5.85. The van der Waals surface area contributed by atoms with Crippen molar-refractivity contribution >= 4 is 15.7 Å². The zero-order valence-corrected chi connectivity index (χ0v) is 12.3. The lowest BCUT2D eigenvalue weighted by atomic mass is 9.99. The SMILES string of the molecule is CNS(=O)(=O)c1ccc(N2C3CCC2CC(O)C3)cc1. The lowest BCUT2D eigenvalue weighted by Gasteiger charge is -2.39. The quantitative estimate of drug-likeness (QED) is 0.876. The van der Waals surface area contributed by atoms with Crippen molar-refractivity contribution in [2.75, 3.05) is 11.9 Å². The minimum absolute atomic E-state index is 0.187. The van der Waals surface area contributed by atoms with Gasteiger partial charge in [0.2, 0.25) is 10.0 Å². The molecule has 20 heavy (non-hydrogen) atoms. The highest BCUT2D eigenvalue weighted by molar-refractivity contribution is 7.89. The predicted octanol–water partition coefficient (Wildman–Crippen LogP) is 1.09. The highest BCUT2D eigenvalue weighted by Crippen LogP contribution is 2.39. The van der Waals surface area contributed by atoms with Gasteiger partial charge in [0.05, 0.1) is 11.0 Å². The number of benzene rings is 1. The number of rotatable bonds is 3. The standard InChI is InChI=1S/C14H20N2O3S/c1-15-20(18,19)14-6-4-10(5-7-14)16-11-2-3-12(16)9-13(17)8-11/h4-7,11-13,15,17H,2-3,8-9H2,1H3. The fourth-order valence-corrected chi connectivity index (χ4v) is 4.22. The van der Waals surface area contributed by atoms with Crippen LogP contribution in [0.25, 0.3) is 0 Å². The van der Waals surface area contributed by atoms with E-state index in [4.69, 9.17) is 0 Å². The monoisotopic (exact) mass is 296 g/mol. The Bertz CT molecular complexity index is 571. The van der Waals surface area contributed by atoms with Crippen molar-refractivity contribution in [1.82, 2.24) is 4.72 Å². The van der Waals surface area contributed by atoms with Gasteiger partial charge in [-0.1, -0.05) is 0 Å². The summed E-state index contributed by atoms with van der Waals surface area (Å²) in [5.41, 5.74) is 1.06. The minimum atomic E-state index is -3.37. The van der Waals surface area contributed by atoms with E-state index < -0.39 is 10.0 Å². The maximum atomic E-state index is 11.7. The van der Waals surface area contributed by atoms with Gasteiger partial charge in [0.1, 0.15) is 0 Å². The van der Waals surface area contributed by atoms with Crippen LogP contribution in [-0.4, -0.2) is 38.8 Å². The molecule has 1 aromatic carbocycles. The van der Waals surface area contributed by atoms with E-state index in [1.54, 1.807) is 12.1 Å². The zero-order valence-electron chi connectivity index (χ0n) is 11.5. The zero-order chi connectivity index (χ0) is 14.3. The van der Waals surface area contributed by atoms with Crippen LogP contribution in [0.1, 0.15) is 25.7 Å². The largest absolute Gasteiger partial charge is 0.393 e. The van der Waals surface area contributed by atoms with Crippen LogP contribution in [0, 0.1) is 0 Å². The summed E-state index contributed by atoms with van der Waals surface area (Å²) in [6.45, 7) is 0. The van der Waals surface area contributed by atoms with Gasteiger partial charge in [-0.25, -0.2) is 13.1 Å². The van der Waals surface area contributed by atoms with Crippen LogP contribution in [0.15, 0.2) is 29.2 Å². The number of piperidine rings is 1. The summed E-state index contributed by atoms with van der Waals surface area (Å²) < 4.78 is 25.7. The van der Waals surface area contributed by atoms with Gasteiger partial charge in [0, 0.05) is 17.8 Å². The van der Waals surface area contributed by atoms with Crippen molar-refractivity contribution in [3.63, 3.8) is 0 Å². The number of hydrogen-bond acceptors (Lipinski definition) is 4. The molecule has 0 radical (unpaired) electrons. The molecule has 2 fully saturated rings. The van der Waals surface area contributed by atoms with Crippen LogP contribution < -0.4 is 9.62 Å². The number of aliphatic hydroxyl groups is 1. The highest BCUT2D eigenvalue weighted by atomic mass is 32.2. The van der Waals surface area contributed by atoms with Gasteiger partial charge < -0.3 is 10.0 Å². The van der Waals surface area contributed by atoms with Crippen molar-refractivity contribution in [1.29, 1.82) is 0 Å². The number of fused-ring (bicyclic) bond motifs is 2. The van der Waals surface area contributed by atoms with E-state index in [2.05, 4.69) is 9.62 Å². The molecule has 0 aromatic heterocycles. The van der Waals surface area contributed by atoms with Gasteiger partial charge in [0.15, 0.2) is 0 Å². The number of sulfonamides is 1. The molecule has 2 N–H and O–H groups in total. The van der Waals surface area contributed by atoms with Gasteiger partial charge in [-0.05, 0) is 57.0 Å². The molecular weight excluding hydrogens is 276 g/mol. The van der Waals surface area contributed by atoms with Gasteiger partial charge in [-0.15, -0.1) is 0 Å². The Hall–Kier alpha value is -1.11. The van der Waals surface area contributed by atoms with Crippen molar-refractivity contribution in [3.05, 3.63) is 24.3 Å². The number of aliphatic hydroxyl groups excluding tert-OH is 1. The molecule has 2 heterocycles. The molecule has 2 aliphatic rings. The summed E-state index contributed by atoms with van der Waals surface area (Å²) in [5, 5.41) is 9.82. The summed E-state index contributed by atoms with van der Waals surface area (Å²) in [6, 6.07) is 7.80. The van der Waals surface area contributed by atoms with E-state index in [1.165, 1.54) is 7.05 Å². The summed E-state index contributed by atoms with van der Waals surface area (Å²) in [6.07, 6.45) is 3.66. The van der Waals surface area contributed by atoms with Gasteiger partial charge in [-0.3, -0.25) is 0 Å². The number of nitrogens with zero attached hydrogens (tertiary/aromatic N) is 1. The van der Waals surface area contributed by atoms with Crippen molar-refractivity contribution in [3.8, 4) is 0 Å². The van der Waals surface area contributed by atoms with Gasteiger partial charge >= 0.3 is 0 Å². The maximum Gasteiger partial charge on any atom is 0.240 e. The Morgan fingerprint density at radius 1 is 1.15 bits per heavy atom. The smallest absolute Gasteiger partial charge is 0.240 e. The first-order chi connectivity index (χ1) is 9.51. The van der Waals surface area contributed by atoms with E-state index in [-0.39, 0.29) is 11.0 Å². The Morgan fingerprint density at radius 3 is 2.20 bits per heavy atom. The first-order valence-electron chi connectivity index (χ1n) is 7.01. The maximum absolute atomic E-state index is 11.7. The van der Waals surface area contributed by atoms with E-state index in [0.29, 0.717) is 12.1 Å². The fourth-order valence-electron chi connectivity index (χ4n) is 3.49. The molecule has 2 unspecified atom stereocenters. The molecule has 0 amide bonds. The van der Waals surface area contributed by atoms with Gasteiger partial charge in [-0.2, -0.15) is 0 Å². The molecule has 0 aliphatic carbocycles. The Morgan fingerprint density at radius 2 is 1.70 bits per heavy atom. The lowest BCUT2D eigenvalue weighted by molar-refractivity contribution is 0.126. The van der Waals surface area contributed by atoms with Crippen LogP contribution in [0.2, 0.25) is 0 Å². The van der Waals surface area contributed by atoms with Crippen LogP contribution in [0.3, 0.4) is 0 Å². The van der Waals surface area contributed by atoms with Crippen molar-refractivity contribution in [2.45, 2.75) is 48.8 Å². The topological polar surface area (TPSA) is 69.6 Å². The van der Waals surface area contributed by atoms with Crippen LogP contribution in [0.4, 0.5) is 5.69 Å². The highest BCUT2D eigenvalue weighted by Gasteiger charge is 2.40. The molecule has 0 spiro atoms. The van der Waals surface area contributed by atoms with E-state index in [0.717, 1.165) is 31.4 Å². The molecule has 3 rings (SSSR count). The molecule has 2 bridgehead atoms. The molecule has 5 nitrogen and oxygen atoms in total. The fraction of sp³-hybridized carbons (Fsp3) is 0.571. The number of hydrogen-bond donors (Lipinski definition) is 2. The molecule has 110 valence electrons. The first kappa shape index (κ1) is 13.9. The first-order valence-corrected chi connectivity index (χ1v) is 8.49. The van der Waals surface area contributed by atoms with Crippen LogP contribution in [0.5, 0.6) is 0 Å². The molecule has 1 aromatic rings. The Kier molecular flexibility index (Phi) is 3.48.